The van der Waals surface area contributed by atoms with Gasteiger partial charge in [0.1, 0.15) is 24.2 Å². The molecule has 1 aliphatic heterocycles. The summed E-state index contributed by atoms with van der Waals surface area (Å²) in [7, 11) is 2.96. The van der Waals surface area contributed by atoms with Crippen molar-refractivity contribution in [2.45, 2.75) is 25.0 Å². The van der Waals surface area contributed by atoms with Gasteiger partial charge in [-0.25, -0.2) is 0 Å². The topological polar surface area (TPSA) is 124 Å². The highest BCUT2D eigenvalue weighted by Crippen LogP contribution is 2.36. The van der Waals surface area contributed by atoms with Crippen molar-refractivity contribution < 1.29 is 19.2 Å². The number of aromatic amines is 1. The van der Waals surface area contributed by atoms with Gasteiger partial charge in [-0.3, -0.25) is 24.9 Å². The number of hydrogen-bond acceptors (Lipinski definition) is 7. The van der Waals surface area contributed by atoms with E-state index < -0.39 is 11.0 Å². The van der Waals surface area contributed by atoms with Crippen molar-refractivity contribution in [1.29, 1.82) is 0 Å². The molecule has 2 atom stereocenters. The molecule has 34 heavy (non-hydrogen) atoms. The van der Waals surface area contributed by atoms with E-state index in [2.05, 4.69) is 15.4 Å². The summed E-state index contributed by atoms with van der Waals surface area (Å²) in [5.41, 5.74) is 4.72. The molecule has 0 bridgehead atoms. The normalized spacial score (nSPS) is 17.4. The zero-order chi connectivity index (χ0) is 23.8. The Morgan fingerprint density at radius 1 is 1.26 bits per heavy atom. The molecule has 2 aromatic heterocycles. The monoisotopic (exact) mass is 461 g/mol. The molecule has 2 N–H and O–H groups in total. The van der Waals surface area contributed by atoms with Crippen LogP contribution in [0.3, 0.4) is 0 Å². The van der Waals surface area contributed by atoms with Gasteiger partial charge in [0.25, 0.3) is 0 Å². The molecule has 4 aromatic rings. The lowest BCUT2D eigenvalue weighted by atomic mass is 9.89. The highest BCUT2D eigenvalue weighted by Gasteiger charge is 2.34. The van der Waals surface area contributed by atoms with Crippen molar-refractivity contribution in [1.82, 2.24) is 20.1 Å². The van der Waals surface area contributed by atoms with Crippen molar-refractivity contribution in [2.24, 2.45) is 0 Å². The Hall–Kier alpha value is -4.18. The van der Waals surface area contributed by atoms with Crippen LogP contribution in [0.25, 0.3) is 10.9 Å². The summed E-state index contributed by atoms with van der Waals surface area (Å²) in [6, 6.07) is 13.0. The van der Waals surface area contributed by atoms with Gasteiger partial charge in [0.05, 0.1) is 31.7 Å². The van der Waals surface area contributed by atoms with E-state index in [1.807, 2.05) is 42.5 Å². The van der Waals surface area contributed by atoms with E-state index in [0.717, 1.165) is 33.3 Å². The maximum Gasteiger partial charge on any atom is 0.323 e. The molecule has 3 heterocycles. The van der Waals surface area contributed by atoms with Crippen LogP contribution in [0.4, 0.5) is 5.69 Å². The zero-order valence-electron chi connectivity index (χ0n) is 18.6. The average Bonchev–Trinajstić information content (AvgIpc) is 3.47. The van der Waals surface area contributed by atoms with Crippen LogP contribution in [-0.2, 0) is 22.5 Å². The second-order valence-electron chi connectivity index (χ2n) is 8.17. The number of aromatic nitrogens is 3. The van der Waals surface area contributed by atoms with Crippen LogP contribution >= 0.6 is 0 Å². The minimum atomic E-state index is -0.499. The molecular weight excluding hydrogens is 438 g/mol. The average molecular weight is 461 g/mol. The molecule has 174 valence electrons. The van der Waals surface area contributed by atoms with E-state index in [4.69, 9.17) is 9.47 Å². The van der Waals surface area contributed by atoms with Crippen LogP contribution in [0.5, 0.6) is 5.75 Å². The number of hydrogen-bond donors (Lipinski definition) is 2. The maximum absolute atomic E-state index is 12.5. The van der Waals surface area contributed by atoms with Gasteiger partial charge in [-0.1, -0.05) is 24.3 Å². The number of methoxy groups -OCH3 is 2. The van der Waals surface area contributed by atoms with Gasteiger partial charge >= 0.3 is 11.7 Å². The summed E-state index contributed by atoms with van der Waals surface area (Å²) < 4.78 is 12.1. The zero-order valence-corrected chi connectivity index (χ0v) is 18.6. The molecular formula is C24H23N5O5. The van der Waals surface area contributed by atoms with Crippen LogP contribution in [0.15, 0.2) is 54.9 Å². The van der Waals surface area contributed by atoms with E-state index in [-0.39, 0.29) is 24.2 Å². The highest BCUT2D eigenvalue weighted by atomic mass is 16.6. The standard InChI is InChI=1S/C24H23N5O5/c1-33-21-8-7-14(9-15(21)12-28-13-16(11-25-28)29(31)32)22-23-18(10-20(27-22)24(30)34-2)17-5-3-4-6-19(17)26-23/h3-9,11,13,20,22,26-27H,10,12H2,1-2H3/t20-,22-/m0/s1. The maximum atomic E-state index is 12.5. The molecule has 0 amide bonds. The van der Waals surface area contributed by atoms with E-state index in [0.29, 0.717) is 12.2 Å². The Bertz CT molecular complexity index is 1390. The predicted octanol–water partition coefficient (Wildman–Crippen LogP) is 3.11. The fourth-order valence-electron chi connectivity index (χ4n) is 4.60. The van der Waals surface area contributed by atoms with E-state index in [9.17, 15) is 14.9 Å². The number of nitrogens with one attached hydrogen (secondary N) is 2. The van der Waals surface area contributed by atoms with Gasteiger partial charge in [-0.2, -0.15) is 5.10 Å². The first-order valence-corrected chi connectivity index (χ1v) is 10.8. The quantitative estimate of drug-likeness (QED) is 0.257. The number of benzene rings is 2. The Morgan fingerprint density at radius 3 is 2.82 bits per heavy atom. The van der Waals surface area contributed by atoms with Gasteiger partial charge in [0.15, 0.2) is 0 Å². The Balaban J connectivity index is 1.57. The summed E-state index contributed by atoms with van der Waals surface area (Å²) in [5, 5.41) is 19.6. The van der Waals surface area contributed by atoms with Crippen LogP contribution in [0, 0.1) is 10.1 Å². The highest BCUT2D eigenvalue weighted by molar-refractivity contribution is 5.87. The largest absolute Gasteiger partial charge is 0.496 e. The van der Waals surface area contributed by atoms with Gasteiger partial charge in [0, 0.05) is 28.6 Å². The third kappa shape index (κ3) is 3.77. The molecule has 5 rings (SSSR count). The summed E-state index contributed by atoms with van der Waals surface area (Å²) in [4.78, 5) is 26.6. The van der Waals surface area contributed by atoms with Gasteiger partial charge in [0.2, 0.25) is 0 Å². The molecule has 0 radical (unpaired) electrons. The molecule has 0 fully saturated rings. The second-order valence-corrected chi connectivity index (χ2v) is 8.17. The number of para-hydroxylation sites is 1. The minimum absolute atomic E-state index is 0.0762. The molecule has 0 unspecified atom stereocenters. The lowest BCUT2D eigenvalue weighted by molar-refractivity contribution is -0.385. The fraction of sp³-hybridized carbons (Fsp3) is 0.250. The molecule has 0 saturated carbocycles. The second kappa shape index (κ2) is 8.64. The lowest BCUT2D eigenvalue weighted by Gasteiger charge is -2.30. The first-order valence-electron chi connectivity index (χ1n) is 10.8. The molecule has 10 heteroatoms. The first-order chi connectivity index (χ1) is 16.5. The van der Waals surface area contributed by atoms with Gasteiger partial charge in [-0.05, 0) is 29.3 Å². The Kier molecular flexibility index (Phi) is 5.50. The summed E-state index contributed by atoms with van der Waals surface area (Å²) in [5.74, 6) is 0.317. The van der Waals surface area contributed by atoms with Crippen LogP contribution in [0.1, 0.15) is 28.4 Å². The molecule has 0 saturated heterocycles. The summed E-state index contributed by atoms with van der Waals surface area (Å²) >= 11 is 0. The SMILES string of the molecule is COC(=O)[C@@H]1Cc2c([nH]c3ccccc23)[C@H](c2ccc(OC)c(Cn3cc([N+](=O)[O-])cn3)c2)N1. The fourth-order valence-corrected chi connectivity index (χ4v) is 4.60. The van der Waals surface area contributed by atoms with Crippen molar-refractivity contribution in [2.75, 3.05) is 14.2 Å². The van der Waals surface area contributed by atoms with E-state index >= 15 is 0 Å². The first kappa shape index (κ1) is 21.7. The third-order valence-corrected chi connectivity index (χ3v) is 6.20. The lowest BCUT2D eigenvalue weighted by Crippen LogP contribution is -2.45. The number of nitrogens with zero attached hydrogens (tertiary/aromatic N) is 3. The number of rotatable bonds is 6. The molecule has 2 aromatic carbocycles. The van der Waals surface area contributed by atoms with E-state index in [1.54, 1.807) is 7.11 Å². The summed E-state index contributed by atoms with van der Waals surface area (Å²) in [6.07, 6.45) is 3.12. The minimum Gasteiger partial charge on any atom is -0.496 e. The molecule has 1 aliphatic rings. The van der Waals surface area contributed by atoms with Gasteiger partial charge in [-0.15, -0.1) is 0 Å². The van der Waals surface area contributed by atoms with Crippen LogP contribution in [-0.4, -0.2) is 45.9 Å². The molecule has 0 aliphatic carbocycles. The Morgan fingerprint density at radius 2 is 2.09 bits per heavy atom. The smallest absolute Gasteiger partial charge is 0.323 e. The van der Waals surface area contributed by atoms with Crippen molar-refractivity contribution in [3.05, 3.63) is 87.4 Å². The van der Waals surface area contributed by atoms with Crippen LogP contribution < -0.4 is 10.1 Å². The number of fused-ring (bicyclic) bond motifs is 3. The van der Waals surface area contributed by atoms with Gasteiger partial charge < -0.3 is 14.5 Å². The number of carbonyl (C=O) groups is 1. The van der Waals surface area contributed by atoms with Crippen molar-refractivity contribution in [3.63, 3.8) is 0 Å². The molecule has 10 nitrogen and oxygen atoms in total. The third-order valence-electron chi connectivity index (χ3n) is 6.20. The predicted molar refractivity (Wildman–Crippen MR) is 124 cm³/mol. The van der Waals surface area contributed by atoms with Crippen molar-refractivity contribution >= 4 is 22.6 Å². The number of ether oxygens (including phenoxy) is 2. The van der Waals surface area contributed by atoms with Crippen LogP contribution in [0.2, 0.25) is 0 Å². The Labute approximate surface area is 194 Å². The number of H-pyrrole nitrogens is 1. The number of carbonyl (C=O) groups excluding carboxylic acids is 1. The number of nitro groups is 1. The summed E-state index contributed by atoms with van der Waals surface area (Å²) in [6.45, 7) is 0.289. The van der Waals surface area contributed by atoms with E-state index in [1.165, 1.54) is 24.2 Å². The molecule has 0 spiro atoms. The van der Waals surface area contributed by atoms with Crippen molar-refractivity contribution in [3.8, 4) is 5.75 Å². The number of esters is 1.